The lowest BCUT2D eigenvalue weighted by Crippen LogP contribution is -2.30. The Hall–Kier alpha value is -2.11. The smallest absolute Gasteiger partial charge is 0.306 e. The quantitative estimate of drug-likeness (QED) is 0.0270. The zero-order valence-corrected chi connectivity index (χ0v) is 34.6. The van der Waals surface area contributed by atoms with Crippen molar-refractivity contribution in [1.82, 2.24) is 0 Å². The van der Waals surface area contributed by atoms with E-state index in [4.69, 9.17) is 14.2 Å². The van der Waals surface area contributed by atoms with Crippen molar-refractivity contribution in [3.8, 4) is 0 Å². The monoisotopic (exact) mass is 733 g/mol. The number of ether oxygens (including phenoxy) is 3. The van der Waals surface area contributed by atoms with Gasteiger partial charge in [0.15, 0.2) is 6.10 Å². The minimum atomic E-state index is -0.762. The predicted molar refractivity (Wildman–Crippen MR) is 219 cm³/mol. The zero-order valence-electron chi connectivity index (χ0n) is 34.6. The summed E-state index contributed by atoms with van der Waals surface area (Å²) < 4.78 is 16.6. The van der Waals surface area contributed by atoms with Crippen LogP contribution in [0.3, 0.4) is 0 Å². The third-order valence-electron chi connectivity index (χ3n) is 9.71. The van der Waals surface area contributed by atoms with Crippen LogP contribution in [0, 0.1) is 0 Å². The number of esters is 3. The number of allylic oxidation sites excluding steroid dienone is 4. The van der Waals surface area contributed by atoms with Crippen LogP contribution in [0.5, 0.6) is 0 Å². The van der Waals surface area contributed by atoms with Crippen LogP contribution >= 0.6 is 0 Å². The molecule has 0 aliphatic carbocycles. The molecule has 0 radical (unpaired) electrons. The van der Waals surface area contributed by atoms with E-state index in [2.05, 4.69) is 45.1 Å². The van der Waals surface area contributed by atoms with Gasteiger partial charge in [0.05, 0.1) is 0 Å². The maximum Gasteiger partial charge on any atom is 0.306 e. The molecule has 0 spiro atoms. The SMILES string of the molecule is CCCCC/C=C\C/C=C\CCCCCCCCCCCC(=O)OCC(COC(=O)CCCCCCCC)OC(=O)CCCCCCCCCCC. The molecule has 52 heavy (non-hydrogen) atoms. The average Bonchev–Trinajstić information content (AvgIpc) is 3.14. The fraction of sp³-hybridized carbons (Fsp3) is 0.848. The predicted octanol–water partition coefficient (Wildman–Crippen LogP) is 14.0. The van der Waals surface area contributed by atoms with Crippen LogP contribution in [0.1, 0.15) is 233 Å². The van der Waals surface area contributed by atoms with Crippen molar-refractivity contribution in [3.05, 3.63) is 24.3 Å². The van der Waals surface area contributed by atoms with Crippen LogP contribution in [0.15, 0.2) is 24.3 Å². The Balaban J connectivity index is 4.16. The molecule has 0 aromatic carbocycles. The first-order chi connectivity index (χ1) is 25.5. The third kappa shape index (κ3) is 39.1. The third-order valence-corrected chi connectivity index (χ3v) is 9.71. The van der Waals surface area contributed by atoms with Crippen molar-refractivity contribution in [1.29, 1.82) is 0 Å². The molecule has 0 fully saturated rings. The summed E-state index contributed by atoms with van der Waals surface area (Å²) in [5.74, 6) is -0.884. The Morgan fingerprint density at radius 3 is 1.10 bits per heavy atom. The number of hydrogen-bond donors (Lipinski definition) is 0. The van der Waals surface area contributed by atoms with E-state index < -0.39 is 6.10 Å². The van der Waals surface area contributed by atoms with E-state index in [1.807, 2.05) is 0 Å². The number of rotatable bonds is 40. The van der Waals surface area contributed by atoms with Gasteiger partial charge in [-0.25, -0.2) is 0 Å². The van der Waals surface area contributed by atoms with E-state index in [0.29, 0.717) is 19.3 Å². The van der Waals surface area contributed by atoms with Crippen molar-refractivity contribution < 1.29 is 28.6 Å². The highest BCUT2D eigenvalue weighted by Crippen LogP contribution is 2.14. The van der Waals surface area contributed by atoms with Crippen LogP contribution in [0.25, 0.3) is 0 Å². The van der Waals surface area contributed by atoms with E-state index in [1.54, 1.807) is 0 Å². The summed E-state index contributed by atoms with van der Waals surface area (Å²) in [5, 5.41) is 0. The van der Waals surface area contributed by atoms with Gasteiger partial charge in [0, 0.05) is 19.3 Å². The Kier molecular flexibility index (Phi) is 40.0. The molecule has 0 amide bonds. The highest BCUT2D eigenvalue weighted by molar-refractivity contribution is 5.71. The van der Waals surface area contributed by atoms with Crippen LogP contribution in [0.4, 0.5) is 0 Å². The number of carbonyl (C=O) groups is 3. The molecule has 0 saturated heterocycles. The highest BCUT2D eigenvalue weighted by atomic mass is 16.6. The van der Waals surface area contributed by atoms with Crippen LogP contribution in [-0.2, 0) is 28.6 Å². The molecule has 6 nitrogen and oxygen atoms in total. The summed E-state index contributed by atoms with van der Waals surface area (Å²) in [6.07, 6.45) is 44.7. The van der Waals surface area contributed by atoms with E-state index in [1.165, 1.54) is 128 Å². The lowest BCUT2D eigenvalue weighted by atomic mass is 10.1. The summed E-state index contributed by atoms with van der Waals surface area (Å²) in [5.41, 5.74) is 0. The van der Waals surface area contributed by atoms with Gasteiger partial charge in [0.2, 0.25) is 0 Å². The summed E-state index contributed by atoms with van der Waals surface area (Å²) >= 11 is 0. The lowest BCUT2D eigenvalue weighted by Gasteiger charge is -2.18. The highest BCUT2D eigenvalue weighted by Gasteiger charge is 2.19. The zero-order chi connectivity index (χ0) is 38.0. The lowest BCUT2D eigenvalue weighted by molar-refractivity contribution is -0.167. The van der Waals surface area contributed by atoms with Crippen molar-refractivity contribution in [2.24, 2.45) is 0 Å². The largest absolute Gasteiger partial charge is 0.462 e. The minimum Gasteiger partial charge on any atom is -0.462 e. The Labute approximate surface area is 322 Å². The molecule has 0 bridgehead atoms. The van der Waals surface area contributed by atoms with E-state index in [9.17, 15) is 14.4 Å². The van der Waals surface area contributed by atoms with Gasteiger partial charge in [0.1, 0.15) is 13.2 Å². The van der Waals surface area contributed by atoms with Crippen LogP contribution in [0.2, 0.25) is 0 Å². The Morgan fingerprint density at radius 2 is 0.692 bits per heavy atom. The van der Waals surface area contributed by atoms with Crippen LogP contribution < -0.4 is 0 Å². The topological polar surface area (TPSA) is 78.9 Å². The summed E-state index contributed by atoms with van der Waals surface area (Å²) in [6, 6.07) is 0. The standard InChI is InChI=1S/C46H84O6/c1-4-7-10-13-16-18-19-20-21-22-23-24-25-26-27-29-30-33-36-39-45(48)51-42-43(41-50-44(47)38-35-32-15-12-9-6-3)52-46(49)40-37-34-31-28-17-14-11-8-5-2/h16,18,20-21,43H,4-15,17,19,22-42H2,1-3H3/b18-16-,21-20-. The number of unbranched alkanes of at least 4 members (excludes halogenated alkanes) is 25. The molecule has 0 heterocycles. The molecule has 6 heteroatoms. The van der Waals surface area contributed by atoms with Gasteiger partial charge in [-0.1, -0.05) is 186 Å². The second-order valence-corrected chi connectivity index (χ2v) is 15.0. The fourth-order valence-electron chi connectivity index (χ4n) is 6.29. The summed E-state index contributed by atoms with van der Waals surface area (Å²) in [4.78, 5) is 37.4. The molecular formula is C46H84O6. The molecule has 304 valence electrons. The van der Waals surface area contributed by atoms with Gasteiger partial charge in [0.25, 0.3) is 0 Å². The van der Waals surface area contributed by atoms with Gasteiger partial charge < -0.3 is 14.2 Å². The second kappa shape index (κ2) is 41.6. The van der Waals surface area contributed by atoms with E-state index >= 15 is 0 Å². The first-order valence-corrected chi connectivity index (χ1v) is 22.3. The van der Waals surface area contributed by atoms with Gasteiger partial charge in [-0.15, -0.1) is 0 Å². The van der Waals surface area contributed by atoms with Crippen LogP contribution in [-0.4, -0.2) is 37.2 Å². The maximum absolute atomic E-state index is 12.6. The Bertz CT molecular complexity index is 850. The van der Waals surface area contributed by atoms with Gasteiger partial charge in [-0.05, 0) is 51.4 Å². The summed E-state index contributed by atoms with van der Waals surface area (Å²) in [6.45, 7) is 6.53. The fourth-order valence-corrected chi connectivity index (χ4v) is 6.29. The first-order valence-electron chi connectivity index (χ1n) is 22.3. The average molecular weight is 733 g/mol. The molecule has 1 unspecified atom stereocenters. The molecule has 0 aromatic heterocycles. The van der Waals surface area contributed by atoms with Crippen molar-refractivity contribution >= 4 is 17.9 Å². The second-order valence-electron chi connectivity index (χ2n) is 15.0. The van der Waals surface area contributed by atoms with E-state index in [0.717, 1.165) is 64.2 Å². The van der Waals surface area contributed by atoms with Crippen molar-refractivity contribution in [2.75, 3.05) is 13.2 Å². The maximum atomic E-state index is 12.6. The first kappa shape index (κ1) is 49.9. The molecule has 0 N–H and O–H groups in total. The van der Waals surface area contributed by atoms with Gasteiger partial charge in [-0.3, -0.25) is 14.4 Å². The number of carbonyl (C=O) groups excluding carboxylic acids is 3. The molecule has 0 aliphatic rings. The van der Waals surface area contributed by atoms with Gasteiger partial charge >= 0.3 is 17.9 Å². The molecule has 0 rings (SSSR count). The van der Waals surface area contributed by atoms with Crippen molar-refractivity contribution in [2.45, 2.75) is 239 Å². The van der Waals surface area contributed by atoms with Crippen molar-refractivity contribution in [3.63, 3.8) is 0 Å². The minimum absolute atomic E-state index is 0.0704. The molecule has 1 atom stereocenters. The van der Waals surface area contributed by atoms with E-state index in [-0.39, 0.29) is 31.1 Å². The molecule has 0 saturated carbocycles. The molecular weight excluding hydrogens is 648 g/mol. The summed E-state index contributed by atoms with van der Waals surface area (Å²) in [7, 11) is 0. The molecule has 0 aromatic rings. The Morgan fingerprint density at radius 1 is 0.385 bits per heavy atom. The van der Waals surface area contributed by atoms with Gasteiger partial charge in [-0.2, -0.15) is 0 Å². The normalized spacial score (nSPS) is 12.1. The molecule has 0 aliphatic heterocycles. The number of hydrogen-bond acceptors (Lipinski definition) is 6.